The van der Waals surface area contributed by atoms with Gasteiger partial charge < -0.3 is 15.5 Å². The van der Waals surface area contributed by atoms with Crippen LogP contribution in [-0.2, 0) is 11.2 Å². The molecule has 4 heteroatoms. The molecule has 1 fully saturated rings. The first kappa shape index (κ1) is 16.3. The van der Waals surface area contributed by atoms with Gasteiger partial charge in [0.2, 0.25) is 5.91 Å². The first-order chi connectivity index (χ1) is 11.0. The number of hydrogen-bond acceptors (Lipinski definition) is 3. The summed E-state index contributed by atoms with van der Waals surface area (Å²) in [7, 11) is 1.97. The molecule has 1 unspecified atom stereocenters. The quantitative estimate of drug-likeness (QED) is 0.932. The second-order valence-electron chi connectivity index (χ2n) is 7.39. The van der Waals surface area contributed by atoms with E-state index in [4.69, 9.17) is 5.73 Å². The van der Waals surface area contributed by atoms with Crippen molar-refractivity contribution in [1.82, 2.24) is 4.90 Å². The standard InChI is InChI=1S/C19H29N3O/c1-14-7-9-17(10-8-14)21(2)19(23)13-22-12-16(20)11-15-5-3-4-6-18(15)22/h3-6,14,16-17H,7-13,20H2,1-2H3. The second kappa shape index (κ2) is 6.91. The third-order valence-corrected chi connectivity index (χ3v) is 5.52. The Morgan fingerprint density at radius 1 is 1.26 bits per heavy atom. The van der Waals surface area contributed by atoms with Crippen molar-refractivity contribution < 1.29 is 4.79 Å². The fourth-order valence-corrected chi connectivity index (χ4v) is 3.98. The van der Waals surface area contributed by atoms with Gasteiger partial charge in [-0.05, 0) is 49.7 Å². The van der Waals surface area contributed by atoms with Crippen LogP contribution in [0.3, 0.4) is 0 Å². The van der Waals surface area contributed by atoms with Crippen LogP contribution in [0.1, 0.15) is 38.2 Å². The van der Waals surface area contributed by atoms with Crippen LogP contribution >= 0.6 is 0 Å². The Morgan fingerprint density at radius 2 is 1.96 bits per heavy atom. The van der Waals surface area contributed by atoms with Crippen LogP contribution in [0, 0.1) is 5.92 Å². The third kappa shape index (κ3) is 3.69. The van der Waals surface area contributed by atoms with Gasteiger partial charge in [-0.25, -0.2) is 0 Å². The van der Waals surface area contributed by atoms with Crippen LogP contribution < -0.4 is 10.6 Å². The molecule has 1 aromatic carbocycles. The first-order valence-electron chi connectivity index (χ1n) is 8.88. The van der Waals surface area contributed by atoms with Gasteiger partial charge in [0, 0.05) is 31.4 Å². The lowest BCUT2D eigenvalue weighted by Crippen LogP contribution is -2.49. The van der Waals surface area contributed by atoms with Crippen LogP contribution in [0.25, 0.3) is 0 Å². The molecule has 2 N–H and O–H groups in total. The molecule has 1 aliphatic heterocycles. The van der Waals surface area contributed by atoms with Crippen molar-refractivity contribution in [3.8, 4) is 0 Å². The van der Waals surface area contributed by atoms with Crippen molar-refractivity contribution in [3.05, 3.63) is 29.8 Å². The molecule has 2 aliphatic rings. The topological polar surface area (TPSA) is 49.6 Å². The molecule has 1 heterocycles. The molecule has 23 heavy (non-hydrogen) atoms. The van der Waals surface area contributed by atoms with Crippen LogP contribution in [0.15, 0.2) is 24.3 Å². The number of fused-ring (bicyclic) bond motifs is 1. The Kier molecular flexibility index (Phi) is 4.90. The van der Waals surface area contributed by atoms with E-state index in [1.165, 1.54) is 24.1 Å². The summed E-state index contributed by atoms with van der Waals surface area (Å²) in [5.74, 6) is 1.02. The minimum atomic E-state index is 0.110. The summed E-state index contributed by atoms with van der Waals surface area (Å²) in [5.41, 5.74) is 8.62. The Balaban J connectivity index is 1.65. The van der Waals surface area contributed by atoms with E-state index in [2.05, 4.69) is 24.0 Å². The summed E-state index contributed by atoms with van der Waals surface area (Å²) in [5, 5.41) is 0. The maximum absolute atomic E-state index is 12.8. The predicted octanol–water partition coefficient (Wildman–Crippen LogP) is 2.41. The van der Waals surface area contributed by atoms with Crippen LogP contribution in [0.5, 0.6) is 0 Å². The zero-order valence-corrected chi connectivity index (χ0v) is 14.4. The van der Waals surface area contributed by atoms with Crippen molar-refractivity contribution in [3.63, 3.8) is 0 Å². The number of likely N-dealkylation sites (N-methyl/N-ethyl adjacent to an activating group) is 1. The highest BCUT2D eigenvalue weighted by atomic mass is 16.2. The molecule has 1 aromatic rings. The molecule has 0 spiro atoms. The Bertz CT molecular complexity index is 551. The van der Waals surface area contributed by atoms with E-state index >= 15 is 0 Å². The fourth-order valence-electron chi connectivity index (χ4n) is 3.98. The maximum atomic E-state index is 12.8. The molecule has 1 atom stereocenters. The molecule has 1 amide bonds. The predicted molar refractivity (Wildman–Crippen MR) is 94.5 cm³/mol. The van der Waals surface area contributed by atoms with Crippen LogP contribution in [-0.4, -0.2) is 43.0 Å². The molecule has 0 aromatic heterocycles. The van der Waals surface area contributed by atoms with E-state index in [1.54, 1.807) is 0 Å². The summed E-state index contributed by atoms with van der Waals surface area (Å²) in [6.07, 6.45) is 5.65. The Labute approximate surface area is 139 Å². The van der Waals surface area contributed by atoms with E-state index in [0.29, 0.717) is 12.6 Å². The SMILES string of the molecule is CC1CCC(N(C)C(=O)CN2CC(N)Cc3ccccc32)CC1. The minimum absolute atomic E-state index is 0.110. The average Bonchev–Trinajstić information content (AvgIpc) is 2.54. The lowest BCUT2D eigenvalue weighted by Gasteiger charge is -2.38. The van der Waals surface area contributed by atoms with Crippen LogP contribution in [0.2, 0.25) is 0 Å². The summed E-state index contributed by atoms with van der Waals surface area (Å²) < 4.78 is 0. The highest BCUT2D eigenvalue weighted by molar-refractivity contribution is 5.82. The molecule has 126 valence electrons. The summed E-state index contributed by atoms with van der Waals surface area (Å²) in [6.45, 7) is 3.51. The van der Waals surface area contributed by atoms with Gasteiger partial charge in [0.05, 0.1) is 6.54 Å². The molecule has 0 radical (unpaired) electrons. The van der Waals surface area contributed by atoms with E-state index in [9.17, 15) is 4.79 Å². The smallest absolute Gasteiger partial charge is 0.242 e. The highest BCUT2D eigenvalue weighted by Gasteiger charge is 2.28. The molecule has 1 saturated carbocycles. The van der Waals surface area contributed by atoms with E-state index in [0.717, 1.165) is 31.7 Å². The molecular weight excluding hydrogens is 286 g/mol. The van der Waals surface area contributed by atoms with Gasteiger partial charge in [-0.15, -0.1) is 0 Å². The summed E-state index contributed by atoms with van der Waals surface area (Å²) in [6, 6.07) is 8.84. The highest BCUT2D eigenvalue weighted by Crippen LogP contribution is 2.28. The van der Waals surface area contributed by atoms with Crippen molar-refractivity contribution in [2.24, 2.45) is 11.7 Å². The van der Waals surface area contributed by atoms with Gasteiger partial charge in [0.25, 0.3) is 0 Å². The van der Waals surface area contributed by atoms with Gasteiger partial charge in [0.15, 0.2) is 0 Å². The number of carbonyl (C=O) groups excluding carboxylic acids is 1. The van der Waals surface area contributed by atoms with Gasteiger partial charge in [0.1, 0.15) is 0 Å². The van der Waals surface area contributed by atoms with Crippen molar-refractivity contribution >= 4 is 11.6 Å². The molecule has 4 nitrogen and oxygen atoms in total. The molecule has 1 aliphatic carbocycles. The zero-order chi connectivity index (χ0) is 16.4. The number of carbonyl (C=O) groups is 1. The molecule has 0 bridgehead atoms. The maximum Gasteiger partial charge on any atom is 0.242 e. The van der Waals surface area contributed by atoms with E-state index in [1.807, 2.05) is 24.1 Å². The molecular formula is C19H29N3O. The van der Waals surface area contributed by atoms with Gasteiger partial charge in [-0.3, -0.25) is 4.79 Å². The van der Waals surface area contributed by atoms with Crippen molar-refractivity contribution in [2.45, 2.75) is 51.1 Å². The Morgan fingerprint density at radius 3 is 2.70 bits per heavy atom. The van der Waals surface area contributed by atoms with Crippen LogP contribution in [0.4, 0.5) is 5.69 Å². The number of rotatable bonds is 3. The third-order valence-electron chi connectivity index (χ3n) is 5.52. The summed E-state index contributed by atoms with van der Waals surface area (Å²) >= 11 is 0. The largest absolute Gasteiger partial charge is 0.360 e. The van der Waals surface area contributed by atoms with Gasteiger partial charge >= 0.3 is 0 Å². The lowest BCUT2D eigenvalue weighted by molar-refractivity contribution is -0.131. The summed E-state index contributed by atoms with van der Waals surface area (Å²) in [4.78, 5) is 16.9. The monoisotopic (exact) mass is 315 g/mol. The number of benzene rings is 1. The number of para-hydroxylation sites is 1. The number of amides is 1. The first-order valence-corrected chi connectivity index (χ1v) is 8.88. The fraction of sp³-hybridized carbons (Fsp3) is 0.632. The number of nitrogens with two attached hydrogens (primary N) is 1. The van der Waals surface area contributed by atoms with E-state index in [-0.39, 0.29) is 11.9 Å². The van der Waals surface area contributed by atoms with E-state index < -0.39 is 0 Å². The average molecular weight is 315 g/mol. The van der Waals surface area contributed by atoms with Crippen molar-refractivity contribution in [1.29, 1.82) is 0 Å². The minimum Gasteiger partial charge on any atom is -0.360 e. The van der Waals surface area contributed by atoms with Gasteiger partial charge in [-0.2, -0.15) is 0 Å². The second-order valence-corrected chi connectivity index (χ2v) is 7.39. The number of nitrogens with zero attached hydrogens (tertiary/aromatic N) is 2. The number of anilines is 1. The Hall–Kier alpha value is -1.55. The van der Waals surface area contributed by atoms with Gasteiger partial charge in [-0.1, -0.05) is 25.1 Å². The zero-order valence-electron chi connectivity index (χ0n) is 14.4. The number of hydrogen-bond donors (Lipinski definition) is 1. The van der Waals surface area contributed by atoms with Crippen molar-refractivity contribution in [2.75, 3.05) is 25.0 Å². The molecule has 0 saturated heterocycles. The molecule has 3 rings (SSSR count). The lowest BCUT2D eigenvalue weighted by atomic mass is 9.87. The normalized spacial score (nSPS) is 27.4.